The molecular formula is C18H23BrN2S. The van der Waals surface area contributed by atoms with Crippen molar-refractivity contribution in [3.63, 3.8) is 0 Å². The fraction of sp³-hybridized carbons (Fsp3) is 0.333. The van der Waals surface area contributed by atoms with Gasteiger partial charge in [-0.1, -0.05) is 57.5 Å². The first-order valence-corrected chi connectivity index (χ1v) is 9.49. The summed E-state index contributed by atoms with van der Waals surface area (Å²) in [5.41, 5.74) is 3.85. The molecule has 2 N–H and O–H groups in total. The van der Waals surface area contributed by atoms with E-state index in [4.69, 9.17) is 0 Å². The van der Waals surface area contributed by atoms with Gasteiger partial charge in [-0.15, -0.1) is 0 Å². The maximum Gasteiger partial charge on any atom is 0.0482 e. The van der Waals surface area contributed by atoms with E-state index >= 15 is 0 Å². The molecule has 0 spiro atoms. The summed E-state index contributed by atoms with van der Waals surface area (Å²) in [6.07, 6.45) is 0. The molecule has 4 heteroatoms. The fourth-order valence-corrected chi connectivity index (χ4v) is 3.48. The number of benzene rings is 2. The van der Waals surface area contributed by atoms with Crippen LogP contribution in [0, 0.1) is 13.8 Å². The van der Waals surface area contributed by atoms with Gasteiger partial charge in [-0.05, 0) is 37.6 Å². The van der Waals surface area contributed by atoms with Gasteiger partial charge >= 0.3 is 0 Å². The lowest BCUT2D eigenvalue weighted by atomic mass is 10.2. The maximum absolute atomic E-state index is 3.52. The lowest BCUT2D eigenvalue weighted by Crippen LogP contribution is -2.23. The van der Waals surface area contributed by atoms with E-state index in [1.54, 1.807) is 0 Å². The van der Waals surface area contributed by atoms with Crippen LogP contribution in [0.15, 0.2) is 52.3 Å². The van der Waals surface area contributed by atoms with Crippen molar-refractivity contribution in [2.24, 2.45) is 0 Å². The average molecular weight is 379 g/mol. The largest absolute Gasteiger partial charge is 0.383 e. The fourth-order valence-electron chi connectivity index (χ4n) is 2.21. The molecule has 0 saturated heterocycles. The molecule has 0 aliphatic rings. The summed E-state index contributed by atoms with van der Waals surface area (Å²) in [5, 5.41) is 7.89. The quantitative estimate of drug-likeness (QED) is 0.506. The minimum atomic E-state index is 0.928. The summed E-state index contributed by atoms with van der Waals surface area (Å²) >= 11 is 5.25. The van der Waals surface area contributed by atoms with Crippen LogP contribution in [0.5, 0.6) is 0 Å². The van der Waals surface area contributed by atoms with E-state index in [9.17, 15) is 0 Å². The molecule has 0 fully saturated rings. The minimum Gasteiger partial charge on any atom is -0.383 e. The van der Waals surface area contributed by atoms with E-state index < -0.39 is 0 Å². The zero-order valence-corrected chi connectivity index (χ0v) is 15.6. The van der Waals surface area contributed by atoms with Crippen LogP contribution in [0.25, 0.3) is 0 Å². The van der Waals surface area contributed by atoms with Crippen molar-refractivity contribution < 1.29 is 0 Å². The average Bonchev–Trinajstić information content (AvgIpc) is 2.51. The minimum absolute atomic E-state index is 0.928. The second-order valence-corrected chi connectivity index (χ2v) is 7.11. The normalized spacial score (nSPS) is 10.7. The van der Waals surface area contributed by atoms with Crippen LogP contribution in [0.2, 0.25) is 0 Å². The third kappa shape index (κ3) is 5.34. The van der Waals surface area contributed by atoms with Crippen molar-refractivity contribution in [1.82, 2.24) is 5.32 Å². The lowest BCUT2D eigenvalue weighted by Gasteiger charge is -2.13. The van der Waals surface area contributed by atoms with Gasteiger partial charge in [0.2, 0.25) is 0 Å². The maximum atomic E-state index is 3.52. The number of rotatable bonds is 8. The lowest BCUT2D eigenvalue weighted by molar-refractivity contribution is 0.745. The van der Waals surface area contributed by atoms with Crippen molar-refractivity contribution >= 4 is 33.4 Å². The highest BCUT2D eigenvalue weighted by atomic mass is 79.9. The van der Waals surface area contributed by atoms with E-state index in [0.29, 0.717) is 0 Å². The van der Waals surface area contributed by atoms with Crippen molar-refractivity contribution in [3.8, 4) is 0 Å². The Bertz CT molecular complexity index is 601. The molecule has 0 bridgehead atoms. The van der Waals surface area contributed by atoms with Gasteiger partial charge in [0.15, 0.2) is 0 Å². The summed E-state index contributed by atoms with van der Waals surface area (Å²) in [4.78, 5) is 2.59. The number of nitrogens with one attached hydrogen (secondary N) is 2. The third-order valence-corrected chi connectivity index (χ3v) is 4.98. The summed E-state index contributed by atoms with van der Waals surface area (Å²) in [6.45, 7) is 7.21. The topological polar surface area (TPSA) is 24.1 Å². The van der Waals surface area contributed by atoms with Crippen molar-refractivity contribution in [3.05, 3.63) is 53.6 Å². The number of para-hydroxylation sites is 1. The molecule has 0 atom stereocenters. The van der Waals surface area contributed by atoms with Crippen LogP contribution in [-0.4, -0.2) is 25.0 Å². The molecule has 0 aliphatic carbocycles. The van der Waals surface area contributed by atoms with Gasteiger partial charge in [0.25, 0.3) is 0 Å². The summed E-state index contributed by atoms with van der Waals surface area (Å²) in [7, 11) is 0. The zero-order valence-electron chi connectivity index (χ0n) is 13.2. The van der Waals surface area contributed by atoms with E-state index in [1.165, 1.54) is 26.6 Å². The van der Waals surface area contributed by atoms with E-state index in [1.807, 2.05) is 11.8 Å². The van der Waals surface area contributed by atoms with Gasteiger partial charge in [-0.3, -0.25) is 0 Å². The van der Waals surface area contributed by atoms with Gasteiger partial charge in [-0.2, -0.15) is 0 Å². The molecule has 2 aromatic carbocycles. The molecule has 0 saturated carbocycles. The van der Waals surface area contributed by atoms with Gasteiger partial charge in [0, 0.05) is 40.4 Å². The molecule has 22 heavy (non-hydrogen) atoms. The van der Waals surface area contributed by atoms with Crippen molar-refractivity contribution in [2.45, 2.75) is 23.6 Å². The predicted octanol–water partition coefficient (Wildman–Crippen LogP) is 4.85. The highest BCUT2D eigenvalue weighted by molar-refractivity contribution is 9.09. The van der Waals surface area contributed by atoms with Crippen LogP contribution in [-0.2, 0) is 0 Å². The Morgan fingerprint density at radius 1 is 0.955 bits per heavy atom. The highest BCUT2D eigenvalue weighted by Gasteiger charge is 2.06. The smallest absolute Gasteiger partial charge is 0.0482 e. The van der Waals surface area contributed by atoms with Crippen LogP contribution in [0.1, 0.15) is 11.1 Å². The second kappa shape index (κ2) is 9.23. The number of anilines is 1. The monoisotopic (exact) mass is 378 g/mol. The Balaban J connectivity index is 2.01. The van der Waals surface area contributed by atoms with E-state index in [0.717, 1.165) is 25.0 Å². The molecule has 2 aromatic rings. The first-order valence-electron chi connectivity index (χ1n) is 7.55. The van der Waals surface area contributed by atoms with Crippen molar-refractivity contribution in [1.29, 1.82) is 0 Å². The SMILES string of the molecule is Cc1ccc(Sc2ccccc2NCCNCCBr)c(C)c1. The molecule has 0 radical (unpaired) electrons. The Labute approximate surface area is 146 Å². The zero-order chi connectivity index (χ0) is 15.8. The van der Waals surface area contributed by atoms with Crippen LogP contribution < -0.4 is 10.6 Å². The Morgan fingerprint density at radius 3 is 2.55 bits per heavy atom. The summed E-state index contributed by atoms with van der Waals surface area (Å²) < 4.78 is 0. The standard InChI is InChI=1S/C18H23BrN2S/c1-14-7-8-17(15(2)13-14)22-18-6-4-3-5-16(18)21-12-11-20-10-9-19/h3-8,13,20-21H,9-12H2,1-2H3. The molecule has 2 nitrogen and oxygen atoms in total. The molecular weight excluding hydrogens is 356 g/mol. The van der Waals surface area contributed by atoms with Crippen LogP contribution >= 0.6 is 27.7 Å². The Hall–Kier alpha value is -0.970. The first-order chi connectivity index (χ1) is 10.7. The number of alkyl halides is 1. The number of aryl methyl sites for hydroxylation is 2. The van der Waals surface area contributed by atoms with Crippen molar-refractivity contribution in [2.75, 3.05) is 30.3 Å². The van der Waals surface area contributed by atoms with Gasteiger partial charge in [0.05, 0.1) is 0 Å². The van der Waals surface area contributed by atoms with E-state index in [2.05, 4.69) is 82.9 Å². The van der Waals surface area contributed by atoms with Gasteiger partial charge in [0.1, 0.15) is 0 Å². The second-order valence-electron chi connectivity index (χ2n) is 5.23. The predicted molar refractivity (Wildman–Crippen MR) is 102 cm³/mol. The summed E-state index contributed by atoms with van der Waals surface area (Å²) in [5.74, 6) is 0. The van der Waals surface area contributed by atoms with Crippen LogP contribution in [0.3, 0.4) is 0 Å². The molecule has 0 aromatic heterocycles. The Morgan fingerprint density at radius 2 is 1.77 bits per heavy atom. The number of hydrogen-bond donors (Lipinski definition) is 2. The van der Waals surface area contributed by atoms with Crippen LogP contribution in [0.4, 0.5) is 5.69 Å². The molecule has 0 unspecified atom stereocenters. The number of hydrogen-bond acceptors (Lipinski definition) is 3. The third-order valence-electron chi connectivity index (χ3n) is 3.33. The molecule has 0 amide bonds. The van der Waals surface area contributed by atoms with Gasteiger partial charge < -0.3 is 10.6 Å². The molecule has 0 aliphatic heterocycles. The number of halogens is 1. The molecule has 2 rings (SSSR count). The van der Waals surface area contributed by atoms with Gasteiger partial charge in [-0.25, -0.2) is 0 Å². The summed E-state index contributed by atoms with van der Waals surface area (Å²) in [6, 6.07) is 15.1. The Kier molecular flexibility index (Phi) is 7.30. The van der Waals surface area contributed by atoms with E-state index in [-0.39, 0.29) is 0 Å². The highest BCUT2D eigenvalue weighted by Crippen LogP contribution is 2.35. The molecule has 118 valence electrons. The molecule has 0 heterocycles. The first kappa shape index (κ1) is 17.4.